The number of hydrogen-bond acceptors (Lipinski definition) is 1. The highest BCUT2D eigenvalue weighted by atomic mass is 32.1. The second kappa shape index (κ2) is 10.3. The molecule has 1 aromatic rings. The van der Waals surface area contributed by atoms with Gasteiger partial charge in [0.25, 0.3) is 0 Å². The molecule has 0 fully saturated rings. The lowest BCUT2D eigenvalue weighted by Crippen LogP contribution is -2.17. The minimum Gasteiger partial charge on any atom is -0.179 e. The Morgan fingerprint density at radius 3 is 1.95 bits per heavy atom. The second-order valence-electron chi connectivity index (χ2n) is 6.25. The Morgan fingerprint density at radius 1 is 1.00 bits per heavy atom. The number of aryl methyl sites for hydroxylation is 1. The quantitative estimate of drug-likeness (QED) is 0.449. The fraction of sp³-hybridized carbons (Fsp3) is 0.684. The molecule has 0 aliphatic carbocycles. The first-order valence-electron chi connectivity index (χ1n) is 8.18. The van der Waals surface area contributed by atoms with Crippen LogP contribution < -0.4 is 0 Å². The van der Waals surface area contributed by atoms with Crippen LogP contribution in [0.2, 0.25) is 0 Å². The molecule has 0 aliphatic heterocycles. The highest BCUT2D eigenvalue weighted by molar-refractivity contribution is 7.80. The van der Waals surface area contributed by atoms with Crippen molar-refractivity contribution in [3.05, 3.63) is 35.4 Å². The molecule has 1 heteroatoms. The van der Waals surface area contributed by atoms with Gasteiger partial charge < -0.3 is 0 Å². The van der Waals surface area contributed by atoms with E-state index in [4.69, 9.17) is 0 Å². The van der Waals surface area contributed by atoms with E-state index in [1.54, 1.807) is 0 Å². The van der Waals surface area contributed by atoms with Crippen LogP contribution in [-0.4, -0.2) is 5.75 Å². The summed E-state index contributed by atoms with van der Waals surface area (Å²) in [5.74, 6) is 1.66. The first-order chi connectivity index (χ1) is 9.49. The number of unbranched alkanes of at least 4 members (excludes halogenated alkanes) is 1. The zero-order valence-electron chi connectivity index (χ0n) is 14.4. The maximum atomic E-state index is 4.25. The van der Waals surface area contributed by atoms with E-state index in [1.165, 1.54) is 36.8 Å². The summed E-state index contributed by atoms with van der Waals surface area (Å²) in [6, 6.07) is 9.27. The molecule has 116 valence electrons. The normalized spacial score (nSPS) is 12.6. The molecule has 0 N–H and O–H groups in total. The minimum absolute atomic E-state index is 0.349. The van der Waals surface area contributed by atoms with Crippen molar-refractivity contribution in [3.63, 3.8) is 0 Å². The summed E-state index contributed by atoms with van der Waals surface area (Å²) in [6.45, 7) is 13.3. The lowest BCUT2D eigenvalue weighted by Gasteiger charge is -2.30. The highest BCUT2D eigenvalue weighted by Crippen LogP contribution is 2.37. The summed E-state index contributed by atoms with van der Waals surface area (Å²) in [5.41, 5.74) is 3.30. The van der Waals surface area contributed by atoms with Crippen LogP contribution in [0.5, 0.6) is 0 Å². The number of rotatable bonds is 6. The van der Waals surface area contributed by atoms with E-state index in [2.05, 4.69) is 64.6 Å². The van der Waals surface area contributed by atoms with Crippen LogP contribution in [0.1, 0.15) is 77.8 Å². The lowest BCUT2D eigenvalue weighted by atomic mass is 9.75. The van der Waals surface area contributed by atoms with Crippen LogP contribution in [0.25, 0.3) is 0 Å². The van der Waals surface area contributed by atoms with Crippen molar-refractivity contribution in [2.45, 2.75) is 73.1 Å². The SMILES string of the molecule is CC.CCC(c1ccc(CCCCS)cc1)C(C)(C)C. The summed E-state index contributed by atoms with van der Waals surface area (Å²) in [5, 5.41) is 0. The van der Waals surface area contributed by atoms with Gasteiger partial charge in [0.2, 0.25) is 0 Å². The molecule has 0 radical (unpaired) electrons. The van der Waals surface area contributed by atoms with E-state index in [0.29, 0.717) is 11.3 Å². The van der Waals surface area contributed by atoms with Gasteiger partial charge in [-0.2, -0.15) is 12.6 Å². The van der Waals surface area contributed by atoms with Crippen molar-refractivity contribution in [2.75, 3.05) is 5.75 Å². The Balaban J connectivity index is 0.00000172. The summed E-state index contributed by atoms with van der Waals surface area (Å²) in [7, 11) is 0. The summed E-state index contributed by atoms with van der Waals surface area (Å²) < 4.78 is 0. The van der Waals surface area contributed by atoms with Gasteiger partial charge in [0.15, 0.2) is 0 Å². The zero-order chi connectivity index (χ0) is 15.6. The van der Waals surface area contributed by atoms with E-state index in [9.17, 15) is 0 Å². The third-order valence-electron chi connectivity index (χ3n) is 3.71. The molecule has 0 spiro atoms. The number of thiol groups is 1. The number of benzene rings is 1. The van der Waals surface area contributed by atoms with Crippen molar-refractivity contribution < 1.29 is 0 Å². The molecule has 0 amide bonds. The molecule has 0 aromatic heterocycles. The van der Waals surface area contributed by atoms with Crippen LogP contribution in [-0.2, 0) is 6.42 Å². The molecule has 0 aliphatic rings. The molecule has 0 nitrogen and oxygen atoms in total. The molecule has 20 heavy (non-hydrogen) atoms. The average molecular weight is 295 g/mol. The standard InChI is InChI=1S/C17H28S.C2H6/c1-5-16(17(2,3)4)15-11-9-14(10-12-15)8-6-7-13-18;1-2/h9-12,16,18H,5-8,13H2,1-4H3;1-2H3. The van der Waals surface area contributed by atoms with Gasteiger partial charge in [-0.3, -0.25) is 0 Å². The summed E-state index contributed by atoms with van der Waals surface area (Å²) in [6.07, 6.45) is 4.86. The average Bonchev–Trinajstić information content (AvgIpc) is 2.42. The molecular formula is C19H34S. The molecule has 1 aromatic carbocycles. The van der Waals surface area contributed by atoms with E-state index in [1.807, 2.05) is 13.8 Å². The van der Waals surface area contributed by atoms with Crippen LogP contribution in [0, 0.1) is 5.41 Å². The molecule has 0 bridgehead atoms. The predicted octanol–water partition coefficient (Wildman–Crippen LogP) is 6.51. The smallest absolute Gasteiger partial charge is 0.00978 e. The Labute approximate surface area is 132 Å². The van der Waals surface area contributed by atoms with Gasteiger partial charge in [-0.05, 0) is 53.9 Å². The van der Waals surface area contributed by atoms with Crippen LogP contribution >= 0.6 is 12.6 Å². The fourth-order valence-electron chi connectivity index (χ4n) is 2.71. The van der Waals surface area contributed by atoms with Gasteiger partial charge in [0.1, 0.15) is 0 Å². The third kappa shape index (κ3) is 6.83. The van der Waals surface area contributed by atoms with E-state index >= 15 is 0 Å². The molecule has 1 unspecified atom stereocenters. The molecule has 0 saturated heterocycles. The van der Waals surface area contributed by atoms with E-state index in [0.717, 1.165) is 5.75 Å². The van der Waals surface area contributed by atoms with Crippen LogP contribution in [0.3, 0.4) is 0 Å². The molecule has 1 atom stereocenters. The van der Waals surface area contributed by atoms with Crippen molar-refractivity contribution in [2.24, 2.45) is 5.41 Å². The second-order valence-corrected chi connectivity index (χ2v) is 6.70. The van der Waals surface area contributed by atoms with Gasteiger partial charge in [-0.1, -0.05) is 65.8 Å². The Hall–Kier alpha value is -0.430. The maximum absolute atomic E-state index is 4.25. The van der Waals surface area contributed by atoms with Crippen LogP contribution in [0.15, 0.2) is 24.3 Å². The van der Waals surface area contributed by atoms with E-state index in [-0.39, 0.29) is 0 Å². The first kappa shape index (κ1) is 19.6. The van der Waals surface area contributed by atoms with Crippen LogP contribution in [0.4, 0.5) is 0 Å². The lowest BCUT2D eigenvalue weighted by molar-refractivity contribution is 0.312. The first-order valence-corrected chi connectivity index (χ1v) is 8.82. The fourth-order valence-corrected chi connectivity index (χ4v) is 2.93. The summed E-state index contributed by atoms with van der Waals surface area (Å²) >= 11 is 4.25. The third-order valence-corrected chi connectivity index (χ3v) is 4.03. The van der Waals surface area contributed by atoms with Crippen molar-refractivity contribution in [3.8, 4) is 0 Å². The van der Waals surface area contributed by atoms with Gasteiger partial charge in [0.05, 0.1) is 0 Å². The summed E-state index contributed by atoms with van der Waals surface area (Å²) in [4.78, 5) is 0. The Bertz CT molecular complexity index is 332. The number of hydrogen-bond donors (Lipinski definition) is 1. The Morgan fingerprint density at radius 2 is 1.55 bits per heavy atom. The molecule has 0 saturated carbocycles. The predicted molar refractivity (Wildman–Crippen MR) is 97.1 cm³/mol. The monoisotopic (exact) mass is 294 g/mol. The molecular weight excluding hydrogens is 260 g/mol. The molecule has 0 heterocycles. The molecule has 1 rings (SSSR count). The van der Waals surface area contributed by atoms with E-state index < -0.39 is 0 Å². The van der Waals surface area contributed by atoms with Gasteiger partial charge in [-0.15, -0.1) is 0 Å². The van der Waals surface area contributed by atoms with Gasteiger partial charge in [-0.25, -0.2) is 0 Å². The largest absolute Gasteiger partial charge is 0.179 e. The van der Waals surface area contributed by atoms with Crippen molar-refractivity contribution in [1.29, 1.82) is 0 Å². The van der Waals surface area contributed by atoms with Gasteiger partial charge in [0, 0.05) is 0 Å². The Kier molecular flexibility index (Phi) is 10.1. The zero-order valence-corrected chi connectivity index (χ0v) is 15.3. The van der Waals surface area contributed by atoms with Gasteiger partial charge >= 0.3 is 0 Å². The topological polar surface area (TPSA) is 0 Å². The minimum atomic E-state index is 0.349. The maximum Gasteiger partial charge on any atom is -0.00978 e. The van der Waals surface area contributed by atoms with Crippen molar-refractivity contribution >= 4 is 12.6 Å². The highest BCUT2D eigenvalue weighted by Gasteiger charge is 2.24. The van der Waals surface area contributed by atoms with Crippen molar-refractivity contribution in [1.82, 2.24) is 0 Å².